The minimum absolute atomic E-state index is 0.574. The van der Waals surface area contributed by atoms with E-state index in [-0.39, 0.29) is 0 Å². The molecule has 104 valence electrons. The van der Waals surface area contributed by atoms with Gasteiger partial charge < -0.3 is 21.1 Å². The molecule has 0 saturated carbocycles. The van der Waals surface area contributed by atoms with E-state index in [0.717, 1.165) is 51.9 Å². The first-order valence-electron chi connectivity index (χ1n) is 6.56. The van der Waals surface area contributed by atoms with Gasteiger partial charge in [0.2, 0.25) is 0 Å². The molecule has 5 nitrogen and oxygen atoms in total. The number of nitrogens with two attached hydrogens (primary N) is 1. The molecule has 1 aliphatic rings. The Hall–Kier alpha value is -0.200. The van der Waals surface area contributed by atoms with Crippen LogP contribution in [0.15, 0.2) is 0 Å². The highest BCUT2D eigenvalue weighted by Gasteiger charge is 2.08. The van der Waals surface area contributed by atoms with E-state index < -0.39 is 0 Å². The fourth-order valence-corrected chi connectivity index (χ4v) is 1.57. The van der Waals surface area contributed by atoms with E-state index in [1.807, 2.05) is 7.05 Å². The monoisotopic (exact) mass is 246 g/mol. The fourth-order valence-electron chi connectivity index (χ4n) is 1.57. The van der Waals surface area contributed by atoms with Gasteiger partial charge in [0, 0.05) is 32.8 Å². The first-order chi connectivity index (χ1) is 8.20. The van der Waals surface area contributed by atoms with Crippen molar-refractivity contribution in [1.29, 1.82) is 0 Å². The number of rotatable bonds is 6. The van der Waals surface area contributed by atoms with E-state index in [1.165, 1.54) is 0 Å². The van der Waals surface area contributed by atoms with Crippen molar-refractivity contribution in [3.63, 3.8) is 0 Å². The Labute approximate surface area is 106 Å². The fraction of sp³-hybridized carbons (Fsp3) is 1.00. The summed E-state index contributed by atoms with van der Waals surface area (Å²) in [5, 5.41) is 6.16. The van der Waals surface area contributed by atoms with Crippen molar-refractivity contribution in [2.24, 2.45) is 11.7 Å². The highest BCUT2D eigenvalue weighted by atomic mass is 16.5. The van der Waals surface area contributed by atoms with Gasteiger partial charge in [-0.2, -0.15) is 0 Å². The molecule has 1 saturated heterocycles. The molecule has 1 aliphatic heterocycles. The summed E-state index contributed by atoms with van der Waals surface area (Å²) in [6.07, 6.45) is 0. The second kappa shape index (κ2) is 12.3. The summed E-state index contributed by atoms with van der Waals surface area (Å²) < 4.78 is 5.22. The van der Waals surface area contributed by atoms with Gasteiger partial charge in [0.25, 0.3) is 0 Å². The summed E-state index contributed by atoms with van der Waals surface area (Å²) in [4.78, 5) is 2.38. The van der Waals surface area contributed by atoms with Gasteiger partial charge in [-0.05, 0) is 19.5 Å². The molecule has 1 fully saturated rings. The van der Waals surface area contributed by atoms with Crippen LogP contribution in [0.25, 0.3) is 0 Å². The van der Waals surface area contributed by atoms with Crippen molar-refractivity contribution in [2.75, 3.05) is 59.7 Å². The van der Waals surface area contributed by atoms with Gasteiger partial charge in [-0.3, -0.25) is 4.90 Å². The standard InChI is InChI=1S/C7H17N3O.C5H13N/c8-7-9-1-2-10-3-5-11-6-4-10;1-5(2)4-6-3/h9H,1-8H2;5-6H,4H2,1-3H3. The number of morpholine rings is 1. The minimum Gasteiger partial charge on any atom is -0.379 e. The lowest BCUT2D eigenvalue weighted by atomic mass is 10.2. The molecule has 0 aromatic carbocycles. The number of hydrogen-bond acceptors (Lipinski definition) is 5. The molecular formula is C12H30N4O. The quantitative estimate of drug-likeness (QED) is 0.443. The van der Waals surface area contributed by atoms with Crippen LogP contribution in [-0.4, -0.2) is 64.6 Å². The molecule has 17 heavy (non-hydrogen) atoms. The van der Waals surface area contributed by atoms with Gasteiger partial charge in [0.1, 0.15) is 0 Å². The molecule has 0 amide bonds. The smallest absolute Gasteiger partial charge is 0.0594 e. The maximum Gasteiger partial charge on any atom is 0.0594 e. The topological polar surface area (TPSA) is 62.5 Å². The van der Waals surface area contributed by atoms with Crippen molar-refractivity contribution in [3.05, 3.63) is 0 Å². The summed E-state index contributed by atoms with van der Waals surface area (Å²) in [5.41, 5.74) is 5.29. The Morgan fingerprint density at radius 1 is 1.29 bits per heavy atom. The summed E-state index contributed by atoms with van der Waals surface area (Å²) in [5.74, 6) is 0.787. The highest BCUT2D eigenvalue weighted by Crippen LogP contribution is 1.94. The summed E-state index contributed by atoms with van der Waals surface area (Å²) in [6, 6.07) is 0. The number of ether oxygens (including phenoxy) is 1. The SMILES string of the molecule is CNCC(C)C.NCNCCN1CCOCC1. The van der Waals surface area contributed by atoms with Gasteiger partial charge in [0.05, 0.1) is 13.2 Å². The van der Waals surface area contributed by atoms with Crippen molar-refractivity contribution < 1.29 is 4.74 Å². The third-order valence-electron chi connectivity index (χ3n) is 2.47. The van der Waals surface area contributed by atoms with Crippen molar-refractivity contribution in [3.8, 4) is 0 Å². The van der Waals surface area contributed by atoms with Crippen molar-refractivity contribution in [2.45, 2.75) is 13.8 Å². The lowest BCUT2D eigenvalue weighted by Gasteiger charge is -2.26. The molecular weight excluding hydrogens is 216 g/mol. The zero-order chi connectivity index (χ0) is 12.9. The second-order valence-corrected chi connectivity index (χ2v) is 4.61. The molecule has 1 rings (SSSR count). The van der Waals surface area contributed by atoms with Gasteiger partial charge >= 0.3 is 0 Å². The van der Waals surface area contributed by atoms with E-state index in [2.05, 4.69) is 29.4 Å². The van der Waals surface area contributed by atoms with Gasteiger partial charge in [-0.15, -0.1) is 0 Å². The molecule has 0 aromatic heterocycles. The Morgan fingerprint density at radius 2 is 1.94 bits per heavy atom. The molecule has 0 bridgehead atoms. The highest BCUT2D eigenvalue weighted by molar-refractivity contribution is 4.62. The summed E-state index contributed by atoms with van der Waals surface area (Å²) in [7, 11) is 1.97. The number of nitrogens with zero attached hydrogens (tertiary/aromatic N) is 1. The lowest BCUT2D eigenvalue weighted by molar-refractivity contribution is 0.0385. The van der Waals surface area contributed by atoms with Crippen LogP contribution in [0.3, 0.4) is 0 Å². The van der Waals surface area contributed by atoms with E-state index >= 15 is 0 Å². The van der Waals surface area contributed by atoms with Crippen LogP contribution in [0.1, 0.15) is 13.8 Å². The normalized spacial score (nSPS) is 16.8. The third kappa shape index (κ3) is 12.1. The van der Waals surface area contributed by atoms with E-state index in [9.17, 15) is 0 Å². The van der Waals surface area contributed by atoms with E-state index in [1.54, 1.807) is 0 Å². The van der Waals surface area contributed by atoms with Crippen LogP contribution in [0.4, 0.5) is 0 Å². The third-order valence-corrected chi connectivity index (χ3v) is 2.47. The zero-order valence-electron chi connectivity index (χ0n) is 11.7. The zero-order valence-corrected chi connectivity index (χ0v) is 11.7. The average molecular weight is 246 g/mol. The van der Waals surface area contributed by atoms with Crippen LogP contribution < -0.4 is 16.4 Å². The van der Waals surface area contributed by atoms with Crippen LogP contribution in [-0.2, 0) is 4.74 Å². The Balaban J connectivity index is 0.000000366. The molecule has 0 aromatic rings. The second-order valence-electron chi connectivity index (χ2n) is 4.61. The molecule has 5 heteroatoms. The van der Waals surface area contributed by atoms with Crippen molar-refractivity contribution in [1.82, 2.24) is 15.5 Å². The van der Waals surface area contributed by atoms with E-state index in [0.29, 0.717) is 6.67 Å². The maximum atomic E-state index is 5.29. The Kier molecular flexibility index (Phi) is 12.1. The minimum atomic E-state index is 0.574. The molecule has 0 aliphatic carbocycles. The molecule has 4 N–H and O–H groups in total. The molecule has 0 radical (unpaired) electrons. The van der Waals surface area contributed by atoms with Gasteiger partial charge in [0.15, 0.2) is 0 Å². The average Bonchev–Trinajstić information content (AvgIpc) is 2.31. The lowest BCUT2D eigenvalue weighted by Crippen LogP contribution is -2.41. The van der Waals surface area contributed by atoms with Gasteiger partial charge in [-0.1, -0.05) is 13.8 Å². The number of hydrogen-bond donors (Lipinski definition) is 3. The van der Waals surface area contributed by atoms with Crippen LogP contribution in [0, 0.1) is 5.92 Å². The first-order valence-corrected chi connectivity index (χ1v) is 6.56. The molecule has 0 spiro atoms. The van der Waals surface area contributed by atoms with Crippen molar-refractivity contribution >= 4 is 0 Å². The predicted octanol–water partition coefficient (Wildman–Crippen LogP) is -0.314. The van der Waals surface area contributed by atoms with Crippen LogP contribution >= 0.6 is 0 Å². The summed E-state index contributed by atoms with van der Waals surface area (Å²) >= 11 is 0. The Morgan fingerprint density at radius 3 is 2.35 bits per heavy atom. The largest absolute Gasteiger partial charge is 0.379 e. The molecule has 0 atom stereocenters. The van der Waals surface area contributed by atoms with Gasteiger partial charge in [-0.25, -0.2) is 0 Å². The Bertz CT molecular complexity index is 149. The number of nitrogens with one attached hydrogen (secondary N) is 2. The predicted molar refractivity (Wildman–Crippen MR) is 73.1 cm³/mol. The van der Waals surface area contributed by atoms with Crippen LogP contribution in [0.5, 0.6) is 0 Å². The van der Waals surface area contributed by atoms with E-state index in [4.69, 9.17) is 10.5 Å². The molecule has 0 unspecified atom stereocenters. The first kappa shape index (κ1) is 16.8. The van der Waals surface area contributed by atoms with Crippen LogP contribution in [0.2, 0.25) is 0 Å². The maximum absolute atomic E-state index is 5.29. The summed E-state index contributed by atoms with van der Waals surface area (Å²) in [6.45, 7) is 12.0. The molecule has 1 heterocycles.